The van der Waals surface area contributed by atoms with E-state index in [0.717, 1.165) is 5.56 Å². The Balaban J connectivity index is 1.58. The van der Waals surface area contributed by atoms with Gasteiger partial charge in [-0.15, -0.1) is 0 Å². The molecule has 5 nitrogen and oxygen atoms in total. The quantitative estimate of drug-likeness (QED) is 0.222. The fraction of sp³-hybridized carbons (Fsp3) is 0.0800. The molecule has 34 heavy (non-hydrogen) atoms. The van der Waals surface area contributed by atoms with E-state index in [1.165, 1.54) is 22.7 Å². The molecule has 0 fully saturated rings. The minimum atomic E-state index is -3.82. The largest absolute Gasteiger partial charge is 0.459 e. The number of sulfonamides is 1. The summed E-state index contributed by atoms with van der Waals surface area (Å²) in [7, 11) is -3.82. The Morgan fingerprint density at radius 1 is 0.794 bits per heavy atom. The Kier molecular flexibility index (Phi) is 7.76. The molecule has 0 saturated heterocycles. The van der Waals surface area contributed by atoms with Crippen molar-refractivity contribution in [3.8, 4) is 0 Å². The van der Waals surface area contributed by atoms with Crippen LogP contribution in [0.1, 0.15) is 17.1 Å². The highest BCUT2D eigenvalue weighted by Crippen LogP contribution is 2.26. The van der Waals surface area contributed by atoms with E-state index in [1.54, 1.807) is 42.5 Å². The van der Waals surface area contributed by atoms with Crippen LogP contribution in [0.15, 0.2) is 99.2 Å². The highest BCUT2D eigenvalue weighted by Gasteiger charge is 2.26. The molecule has 0 bridgehead atoms. The number of hydrogen-bond acceptors (Lipinski definition) is 4. The Bertz CT molecular complexity index is 1380. The Labute approximate surface area is 213 Å². The maximum atomic E-state index is 13.4. The molecule has 0 aliphatic carbocycles. The van der Waals surface area contributed by atoms with Crippen molar-refractivity contribution in [3.63, 3.8) is 0 Å². The van der Waals surface area contributed by atoms with Gasteiger partial charge in [0.15, 0.2) is 0 Å². The normalized spacial score (nSPS) is 12.0. The number of aliphatic imine (C=N–C) groups is 1. The Hall–Kier alpha value is -2.61. The summed E-state index contributed by atoms with van der Waals surface area (Å²) in [6, 6.07) is 23.9. The zero-order valence-electron chi connectivity index (χ0n) is 17.7. The molecular formula is C25H19Cl3N2O3S. The van der Waals surface area contributed by atoms with Gasteiger partial charge in [-0.1, -0.05) is 65.1 Å². The van der Waals surface area contributed by atoms with E-state index in [1.807, 2.05) is 30.3 Å². The fourth-order valence-corrected chi connectivity index (χ4v) is 5.28. The molecule has 4 rings (SSSR count). The van der Waals surface area contributed by atoms with Crippen molar-refractivity contribution in [2.75, 3.05) is 0 Å². The molecular weight excluding hydrogens is 515 g/mol. The Morgan fingerprint density at radius 3 is 2.15 bits per heavy atom. The number of benzene rings is 3. The van der Waals surface area contributed by atoms with Crippen LogP contribution in [-0.4, -0.2) is 18.9 Å². The number of hydrogen-bond donors (Lipinski definition) is 0. The fourth-order valence-electron chi connectivity index (χ4n) is 3.24. The molecule has 4 aromatic rings. The van der Waals surface area contributed by atoms with Gasteiger partial charge in [0, 0.05) is 21.6 Å². The van der Waals surface area contributed by atoms with E-state index in [-0.39, 0.29) is 18.0 Å². The molecule has 0 radical (unpaired) electrons. The minimum absolute atomic E-state index is 0.0384. The summed E-state index contributed by atoms with van der Waals surface area (Å²) in [5, 5.41) is 1.41. The van der Waals surface area contributed by atoms with Gasteiger partial charge in [-0.05, 0) is 60.2 Å². The second-order valence-corrected chi connectivity index (χ2v) is 10.6. The lowest BCUT2D eigenvalue weighted by molar-refractivity contribution is 0.357. The van der Waals surface area contributed by atoms with Crippen LogP contribution < -0.4 is 0 Å². The zero-order valence-corrected chi connectivity index (χ0v) is 20.8. The van der Waals surface area contributed by atoms with Gasteiger partial charge in [0.25, 0.3) is 0 Å². The van der Waals surface area contributed by atoms with Crippen LogP contribution >= 0.6 is 34.8 Å². The van der Waals surface area contributed by atoms with Crippen molar-refractivity contribution in [3.05, 3.63) is 117 Å². The van der Waals surface area contributed by atoms with Gasteiger partial charge in [0.05, 0.1) is 23.3 Å². The molecule has 0 unspecified atom stereocenters. The van der Waals surface area contributed by atoms with Gasteiger partial charge in [-0.25, -0.2) is 8.42 Å². The second kappa shape index (κ2) is 10.8. The van der Waals surface area contributed by atoms with Crippen LogP contribution in [0.5, 0.6) is 0 Å². The lowest BCUT2D eigenvalue weighted by atomic mass is 10.2. The Morgan fingerprint density at radius 2 is 1.47 bits per heavy atom. The maximum Gasteiger partial charge on any atom is 0.243 e. The predicted molar refractivity (Wildman–Crippen MR) is 137 cm³/mol. The monoisotopic (exact) mass is 532 g/mol. The molecule has 3 aromatic carbocycles. The summed E-state index contributed by atoms with van der Waals surface area (Å²) in [5.74, 6) is 0.939. The molecule has 9 heteroatoms. The number of rotatable bonds is 8. The molecule has 0 spiro atoms. The van der Waals surface area contributed by atoms with Crippen molar-refractivity contribution < 1.29 is 12.8 Å². The summed E-state index contributed by atoms with van der Waals surface area (Å²) in [5.41, 5.74) is 1.43. The van der Waals surface area contributed by atoms with Crippen molar-refractivity contribution in [2.45, 2.75) is 18.0 Å². The third-order valence-electron chi connectivity index (χ3n) is 4.86. The molecule has 174 valence electrons. The third-order valence-corrected chi connectivity index (χ3v) is 7.35. The molecule has 0 amide bonds. The molecule has 0 N–H and O–H groups in total. The van der Waals surface area contributed by atoms with Crippen LogP contribution in [0.4, 0.5) is 5.69 Å². The predicted octanol–water partition coefficient (Wildman–Crippen LogP) is 7.38. The van der Waals surface area contributed by atoms with Gasteiger partial charge in [0.2, 0.25) is 10.0 Å². The van der Waals surface area contributed by atoms with E-state index in [0.29, 0.717) is 32.3 Å². The van der Waals surface area contributed by atoms with E-state index in [4.69, 9.17) is 39.2 Å². The maximum absolute atomic E-state index is 13.4. The first kappa shape index (κ1) is 24.5. The standard InChI is InChI=1S/C25H19Cl3N2O3S/c26-19-6-10-25(11-7-19)34(31,32)30(16-18-4-2-1-3-5-18)17-24-9-8-23(33-24)15-29-22-13-20(27)12-21(28)14-22/h1-15H,16-17H2. The first-order valence-electron chi connectivity index (χ1n) is 10.2. The molecule has 1 heterocycles. The summed E-state index contributed by atoms with van der Waals surface area (Å²) >= 11 is 18.0. The first-order chi connectivity index (χ1) is 16.3. The highest BCUT2D eigenvalue weighted by atomic mass is 35.5. The van der Waals surface area contributed by atoms with Gasteiger partial charge in [-0.2, -0.15) is 4.31 Å². The average Bonchev–Trinajstić information content (AvgIpc) is 3.25. The van der Waals surface area contributed by atoms with Crippen LogP contribution in [0, 0.1) is 0 Å². The van der Waals surface area contributed by atoms with E-state index in [9.17, 15) is 8.42 Å². The number of furan rings is 1. The van der Waals surface area contributed by atoms with Gasteiger partial charge in [0.1, 0.15) is 11.5 Å². The minimum Gasteiger partial charge on any atom is -0.459 e. The number of nitrogens with zero attached hydrogens (tertiary/aromatic N) is 2. The van der Waals surface area contributed by atoms with E-state index < -0.39 is 10.0 Å². The van der Waals surface area contributed by atoms with E-state index in [2.05, 4.69) is 4.99 Å². The van der Waals surface area contributed by atoms with Crippen molar-refractivity contribution in [2.24, 2.45) is 4.99 Å². The lowest BCUT2D eigenvalue weighted by Crippen LogP contribution is -2.30. The van der Waals surface area contributed by atoms with Crippen LogP contribution in [0.2, 0.25) is 15.1 Å². The third kappa shape index (κ3) is 6.29. The first-order valence-corrected chi connectivity index (χ1v) is 12.8. The van der Waals surface area contributed by atoms with Crippen LogP contribution in [-0.2, 0) is 23.1 Å². The van der Waals surface area contributed by atoms with Crippen molar-refractivity contribution in [1.82, 2.24) is 4.31 Å². The summed E-state index contributed by atoms with van der Waals surface area (Å²) in [6.45, 7) is 0.216. The van der Waals surface area contributed by atoms with Gasteiger partial charge < -0.3 is 4.42 Å². The lowest BCUT2D eigenvalue weighted by Gasteiger charge is -2.21. The summed E-state index contributed by atoms with van der Waals surface area (Å²) < 4.78 is 34.1. The van der Waals surface area contributed by atoms with Gasteiger partial charge >= 0.3 is 0 Å². The summed E-state index contributed by atoms with van der Waals surface area (Å²) in [6.07, 6.45) is 1.53. The topological polar surface area (TPSA) is 62.9 Å². The smallest absolute Gasteiger partial charge is 0.243 e. The zero-order chi connectivity index (χ0) is 24.1. The average molecular weight is 534 g/mol. The molecule has 0 aliphatic rings. The van der Waals surface area contributed by atoms with Gasteiger partial charge in [-0.3, -0.25) is 4.99 Å². The molecule has 0 atom stereocenters. The van der Waals surface area contributed by atoms with Crippen LogP contribution in [0.3, 0.4) is 0 Å². The summed E-state index contributed by atoms with van der Waals surface area (Å²) in [4.78, 5) is 4.48. The van der Waals surface area contributed by atoms with Crippen molar-refractivity contribution >= 4 is 56.7 Å². The highest BCUT2D eigenvalue weighted by molar-refractivity contribution is 7.89. The van der Waals surface area contributed by atoms with E-state index >= 15 is 0 Å². The number of halogens is 3. The molecule has 0 aliphatic heterocycles. The second-order valence-electron chi connectivity index (χ2n) is 7.40. The van der Waals surface area contributed by atoms with Crippen LogP contribution in [0.25, 0.3) is 0 Å². The SMILES string of the molecule is O=S(=O)(c1ccc(Cl)cc1)N(Cc1ccccc1)Cc1ccc(C=Nc2cc(Cl)cc(Cl)c2)o1. The molecule has 0 saturated carbocycles. The van der Waals surface area contributed by atoms with Crippen molar-refractivity contribution in [1.29, 1.82) is 0 Å². The molecule has 1 aromatic heterocycles.